The summed E-state index contributed by atoms with van der Waals surface area (Å²) in [7, 11) is 0. The molecule has 0 saturated carbocycles. The Morgan fingerprint density at radius 2 is 2.32 bits per heavy atom. The first kappa shape index (κ1) is 13.8. The SMILES string of the molecule is NC(=O)CCCCNCC1Cc2cc(F)ccc2O1. The van der Waals surface area contributed by atoms with E-state index < -0.39 is 0 Å². The molecule has 4 nitrogen and oxygen atoms in total. The number of amides is 1. The zero-order valence-electron chi connectivity index (χ0n) is 10.8. The molecule has 1 aromatic rings. The minimum absolute atomic E-state index is 0.0629. The summed E-state index contributed by atoms with van der Waals surface area (Å²) >= 11 is 0. The zero-order valence-corrected chi connectivity index (χ0v) is 10.8. The van der Waals surface area contributed by atoms with Gasteiger partial charge in [-0.1, -0.05) is 0 Å². The van der Waals surface area contributed by atoms with Crippen molar-refractivity contribution in [2.75, 3.05) is 13.1 Å². The van der Waals surface area contributed by atoms with Crippen LogP contribution < -0.4 is 15.8 Å². The molecule has 0 radical (unpaired) electrons. The van der Waals surface area contributed by atoms with Crippen LogP contribution in [0.4, 0.5) is 4.39 Å². The van der Waals surface area contributed by atoms with Gasteiger partial charge in [-0.2, -0.15) is 0 Å². The number of ether oxygens (including phenoxy) is 1. The molecular weight excluding hydrogens is 247 g/mol. The number of benzene rings is 1. The maximum Gasteiger partial charge on any atom is 0.217 e. The van der Waals surface area contributed by atoms with Gasteiger partial charge in [0.15, 0.2) is 0 Å². The van der Waals surface area contributed by atoms with Gasteiger partial charge in [-0.05, 0) is 37.6 Å². The largest absolute Gasteiger partial charge is 0.488 e. The van der Waals surface area contributed by atoms with Gasteiger partial charge in [-0.25, -0.2) is 4.39 Å². The summed E-state index contributed by atoms with van der Waals surface area (Å²) in [6.07, 6.45) is 2.96. The molecule has 1 aliphatic heterocycles. The van der Waals surface area contributed by atoms with Gasteiger partial charge < -0.3 is 15.8 Å². The Hall–Kier alpha value is -1.62. The number of hydrogen-bond acceptors (Lipinski definition) is 3. The Morgan fingerprint density at radius 1 is 1.47 bits per heavy atom. The second-order valence-corrected chi connectivity index (χ2v) is 4.82. The monoisotopic (exact) mass is 266 g/mol. The third-order valence-electron chi connectivity index (χ3n) is 3.16. The highest BCUT2D eigenvalue weighted by Gasteiger charge is 2.22. The molecule has 1 heterocycles. The highest BCUT2D eigenvalue weighted by Crippen LogP contribution is 2.28. The quantitative estimate of drug-likeness (QED) is 0.733. The van der Waals surface area contributed by atoms with Crippen LogP contribution in [0.5, 0.6) is 5.75 Å². The highest BCUT2D eigenvalue weighted by molar-refractivity contribution is 5.73. The van der Waals surface area contributed by atoms with Crippen molar-refractivity contribution in [3.8, 4) is 5.75 Å². The molecule has 1 atom stereocenters. The van der Waals surface area contributed by atoms with E-state index in [0.29, 0.717) is 6.42 Å². The smallest absolute Gasteiger partial charge is 0.217 e. The summed E-state index contributed by atoms with van der Waals surface area (Å²) in [5.74, 6) is 0.306. The number of rotatable bonds is 7. The van der Waals surface area contributed by atoms with E-state index in [1.54, 1.807) is 6.07 Å². The normalized spacial score (nSPS) is 17.0. The predicted molar refractivity (Wildman–Crippen MR) is 70.4 cm³/mol. The van der Waals surface area contributed by atoms with Crippen LogP contribution in [0, 0.1) is 5.82 Å². The predicted octanol–water partition coefficient (Wildman–Crippen LogP) is 1.37. The number of primary amides is 1. The minimum Gasteiger partial charge on any atom is -0.488 e. The number of nitrogens with two attached hydrogens (primary N) is 1. The first-order valence-corrected chi connectivity index (χ1v) is 6.59. The molecule has 19 heavy (non-hydrogen) atoms. The molecule has 0 spiro atoms. The van der Waals surface area contributed by atoms with Crippen molar-refractivity contribution in [2.45, 2.75) is 31.8 Å². The van der Waals surface area contributed by atoms with E-state index >= 15 is 0 Å². The third-order valence-corrected chi connectivity index (χ3v) is 3.16. The van der Waals surface area contributed by atoms with Gasteiger partial charge in [0.25, 0.3) is 0 Å². The minimum atomic E-state index is -0.253. The lowest BCUT2D eigenvalue weighted by Gasteiger charge is -2.11. The lowest BCUT2D eigenvalue weighted by atomic mass is 10.1. The second-order valence-electron chi connectivity index (χ2n) is 4.82. The summed E-state index contributed by atoms with van der Waals surface area (Å²) in [5, 5.41) is 3.28. The van der Waals surface area contributed by atoms with Crippen LogP contribution in [0.25, 0.3) is 0 Å². The average Bonchev–Trinajstić information content (AvgIpc) is 2.75. The topological polar surface area (TPSA) is 64.4 Å². The number of fused-ring (bicyclic) bond motifs is 1. The van der Waals surface area contributed by atoms with Crippen LogP contribution >= 0.6 is 0 Å². The van der Waals surface area contributed by atoms with Crippen molar-refractivity contribution in [2.24, 2.45) is 5.73 Å². The van der Waals surface area contributed by atoms with Crippen molar-refractivity contribution < 1.29 is 13.9 Å². The standard InChI is InChI=1S/C14H19FN2O2/c15-11-4-5-13-10(7-11)8-12(19-13)9-17-6-2-1-3-14(16)18/h4-5,7,12,17H,1-3,6,8-9H2,(H2,16,18). The number of carbonyl (C=O) groups excluding carboxylic acids is 1. The highest BCUT2D eigenvalue weighted by atomic mass is 19.1. The number of halogens is 1. The van der Waals surface area contributed by atoms with Crippen LogP contribution in [0.2, 0.25) is 0 Å². The fourth-order valence-corrected chi connectivity index (χ4v) is 2.22. The van der Waals surface area contributed by atoms with Crippen molar-refractivity contribution >= 4 is 5.91 Å². The molecule has 0 saturated heterocycles. The molecule has 0 bridgehead atoms. The summed E-state index contributed by atoms with van der Waals surface area (Å²) in [6, 6.07) is 4.62. The fourth-order valence-electron chi connectivity index (χ4n) is 2.22. The molecule has 5 heteroatoms. The second kappa shape index (κ2) is 6.52. The summed E-state index contributed by atoms with van der Waals surface area (Å²) < 4.78 is 18.7. The third kappa shape index (κ3) is 4.21. The molecule has 1 amide bonds. The molecule has 1 aromatic carbocycles. The van der Waals surface area contributed by atoms with Gasteiger partial charge in [0.1, 0.15) is 17.7 Å². The van der Waals surface area contributed by atoms with Gasteiger partial charge in [0.2, 0.25) is 5.91 Å². The van der Waals surface area contributed by atoms with Crippen molar-refractivity contribution in [3.05, 3.63) is 29.6 Å². The molecule has 3 N–H and O–H groups in total. The first-order valence-electron chi connectivity index (χ1n) is 6.59. The lowest BCUT2D eigenvalue weighted by molar-refractivity contribution is -0.118. The summed E-state index contributed by atoms with van der Waals surface area (Å²) in [4.78, 5) is 10.5. The maximum atomic E-state index is 13.0. The molecular formula is C14H19FN2O2. The van der Waals surface area contributed by atoms with Crippen molar-refractivity contribution in [1.29, 1.82) is 0 Å². The van der Waals surface area contributed by atoms with E-state index in [1.807, 2.05) is 0 Å². The number of unbranched alkanes of at least 4 members (excludes halogenated alkanes) is 1. The Bertz CT molecular complexity index is 451. The Morgan fingerprint density at radius 3 is 3.11 bits per heavy atom. The Balaban J connectivity index is 1.63. The summed E-state index contributed by atoms with van der Waals surface area (Å²) in [6.45, 7) is 1.56. The molecule has 1 aliphatic rings. The maximum absolute atomic E-state index is 13.0. The molecule has 1 unspecified atom stereocenters. The van der Waals surface area contributed by atoms with Gasteiger partial charge in [0, 0.05) is 24.9 Å². The van der Waals surface area contributed by atoms with E-state index in [9.17, 15) is 9.18 Å². The fraction of sp³-hybridized carbons (Fsp3) is 0.500. The number of carbonyl (C=O) groups is 1. The lowest BCUT2D eigenvalue weighted by Crippen LogP contribution is -2.30. The average molecular weight is 266 g/mol. The number of nitrogens with one attached hydrogen (secondary N) is 1. The first-order chi connectivity index (χ1) is 9.15. The molecule has 0 aliphatic carbocycles. The van der Waals surface area contributed by atoms with Crippen LogP contribution in [0.1, 0.15) is 24.8 Å². The zero-order chi connectivity index (χ0) is 13.7. The molecule has 0 aromatic heterocycles. The van der Waals surface area contributed by atoms with Gasteiger partial charge in [-0.3, -0.25) is 4.79 Å². The van der Waals surface area contributed by atoms with Gasteiger partial charge >= 0.3 is 0 Å². The van der Waals surface area contributed by atoms with Gasteiger partial charge in [-0.15, -0.1) is 0 Å². The van der Waals surface area contributed by atoms with E-state index in [1.165, 1.54) is 12.1 Å². The summed E-state index contributed by atoms with van der Waals surface area (Å²) in [5.41, 5.74) is 5.99. The van der Waals surface area contributed by atoms with Crippen LogP contribution in [-0.4, -0.2) is 25.1 Å². The Labute approximate surface area is 112 Å². The van der Waals surface area contributed by atoms with E-state index in [2.05, 4.69) is 5.32 Å². The molecule has 104 valence electrons. The van der Waals surface area contributed by atoms with Crippen LogP contribution in [0.3, 0.4) is 0 Å². The number of hydrogen-bond donors (Lipinski definition) is 2. The Kier molecular flexibility index (Phi) is 4.74. The van der Waals surface area contributed by atoms with Crippen molar-refractivity contribution in [1.82, 2.24) is 5.32 Å². The molecule has 0 fully saturated rings. The van der Waals surface area contributed by atoms with Gasteiger partial charge in [0.05, 0.1) is 0 Å². The van der Waals surface area contributed by atoms with Crippen molar-refractivity contribution in [3.63, 3.8) is 0 Å². The van der Waals surface area contributed by atoms with Crippen LogP contribution in [0.15, 0.2) is 18.2 Å². The van der Waals surface area contributed by atoms with E-state index in [0.717, 1.165) is 43.7 Å². The van der Waals surface area contributed by atoms with Crippen LogP contribution in [-0.2, 0) is 11.2 Å². The van der Waals surface area contributed by atoms with E-state index in [-0.39, 0.29) is 17.8 Å². The van der Waals surface area contributed by atoms with E-state index in [4.69, 9.17) is 10.5 Å². The molecule has 2 rings (SSSR count).